The Balaban J connectivity index is 2.80. The Labute approximate surface area is 132 Å². The van der Waals surface area contributed by atoms with Crippen LogP contribution in [0.25, 0.3) is 11.4 Å². The number of imidazole rings is 1. The maximum atomic E-state index is 11.8. The van der Waals surface area contributed by atoms with Gasteiger partial charge in [-0.05, 0) is 6.07 Å². The molecule has 0 atom stereocenters. The monoisotopic (exact) mass is 350 g/mol. The Hall–Kier alpha value is -1.44. The number of halogens is 2. The summed E-state index contributed by atoms with van der Waals surface area (Å²) in [5, 5.41) is 0.368. The van der Waals surface area contributed by atoms with Gasteiger partial charge in [-0.1, -0.05) is 23.2 Å². The van der Waals surface area contributed by atoms with Crippen LogP contribution in [-0.2, 0) is 10.0 Å². The molecule has 114 valence electrons. The van der Waals surface area contributed by atoms with Gasteiger partial charge in [0.15, 0.2) is 17.3 Å². The van der Waals surface area contributed by atoms with E-state index >= 15 is 0 Å². The third kappa shape index (κ3) is 2.81. The Morgan fingerprint density at radius 1 is 1.19 bits per heavy atom. The van der Waals surface area contributed by atoms with Crippen molar-refractivity contribution in [2.75, 3.05) is 20.5 Å². The number of aromatic nitrogens is 2. The van der Waals surface area contributed by atoms with E-state index in [1.165, 1.54) is 32.7 Å². The normalized spacial score (nSPS) is 11.5. The molecule has 0 amide bonds. The van der Waals surface area contributed by atoms with E-state index in [2.05, 4.69) is 4.98 Å². The Morgan fingerprint density at radius 3 is 2.33 bits per heavy atom. The minimum atomic E-state index is -3.52. The summed E-state index contributed by atoms with van der Waals surface area (Å²) in [6.45, 7) is 0. The molecule has 0 spiro atoms. The molecule has 0 aliphatic carbocycles. The number of rotatable bonds is 4. The maximum absolute atomic E-state index is 11.8. The number of nitrogens with zero attached hydrogens (tertiary/aromatic N) is 2. The fraction of sp³-hybridized carbons (Fsp3) is 0.250. The van der Waals surface area contributed by atoms with Gasteiger partial charge in [-0.25, -0.2) is 17.4 Å². The molecule has 0 N–H and O–H groups in total. The minimum absolute atomic E-state index is 0.144. The summed E-state index contributed by atoms with van der Waals surface area (Å²) >= 11 is 12.3. The van der Waals surface area contributed by atoms with Crippen molar-refractivity contribution in [2.45, 2.75) is 0 Å². The highest BCUT2D eigenvalue weighted by Gasteiger charge is 2.23. The van der Waals surface area contributed by atoms with Crippen molar-refractivity contribution in [1.82, 2.24) is 8.96 Å². The summed E-state index contributed by atoms with van der Waals surface area (Å²) in [5.74, 6) is 0.631. The van der Waals surface area contributed by atoms with E-state index in [0.29, 0.717) is 5.56 Å². The van der Waals surface area contributed by atoms with E-state index in [4.69, 9.17) is 32.7 Å². The zero-order valence-electron chi connectivity index (χ0n) is 11.4. The van der Waals surface area contributed by atoms with E-state index in [1.807, 2.05) is 0 Å². The summed E-state index contributed by atoms with van der Waals surface area (Å²) in [6, 6.07) is 1.50. The summed E-state index contributed by atoms with van der Waals surface area (Å²) in [5.41, 5.74) is 0.351. The van der Waals surface area contributed by atoms with Crippen molar-refractivity contribution in [2.24, 2.45) is 0 Å². The molecule has 0 fully saturated rings. The zero-order valence-corrected chi connectivity index (χ0v) is 13.8. The average Bonchev–Trinajstić information content (AvgIpc) is 2.87. The minimum Gasteiger partial charge on any atom is -0.494 e. The van der Waals surface area contributed by atoms with Crippen molar-refractivity contribution in [3.63, 3.8) is 0 Å². The van der Waals surface area contributed by atoms with E-state index in [1.54, 1.807) is 0 Å². The lowest BCUT2D eigenvalue weighted by atomic mass is 10.1. The highest BCUT2D eigenvalue weighted by molar-refractivity contribution is 7.89. The van der Waals surface area contributed by atoms with Crippen LogP contribution in [0, 0.1) is 0 Å². The van der Waals surface area contributed by atoms with Crippen molar-refractivity contribution in [3.8, 4) is 22.9 Å². The third-order valence-electron chi connectivity index (χ3n) is 2.75. The molecular weight excluding hydrogens is 339 g/mol. The number of benzene rings is 1. The Morgan fingerprint density at radius 2 is 1.81 bits per heavy atom. The van der Waals surface area contributed by atoms with Crippen LogP contribution in [-0.4, -0.2) is 37.8 Å². The smallest absolute Gasteiger partial charge is 0.237 e. The van der Waals surface area contributed by atoms with Crippen molar-refractivity contribution in [3.05, 3.63) is 28.5 Å². The van der Waals surface area contributed by atoms with Gasteiger partial charge >= 0.3 is 0 Å². The first-order valence-corrected chi connectivity index (χ1v) is 8.26. The fourth-order valence-electron chi connectivity index (χ4n) is 1.88. The Bertz CT molecular complexity index is 787. The molecule has 2 aromatic rings. The predicted molar refractivity (Wildman–Crippen MR) is 81.0 cm³/mol. The molecule has 0 aliphatic rings. The second kappa shape index (κ2) is 5.75. The fourth-order valence-corrected chi connectivity index (χ4v) is 3.31. The van der Waals surface area contributed by atoms with E-state index in [-0.39, 0.29) is 27.4 Å². The van der Waals surface area contributed by atoms with Crippen LogP contribution in [0.2, 0.25) is 10.0 Å². The summed E-state index contributed by atoms with van der Waals surface area (Å²) in [6.07, 6.45) is 3.76. The van der Waals surface area contributed by atoms with Crippen LogP contribution >= 0.6 is 23.2 Å². The first-order valence-electron chi connectivity index (χ1n) is 5.65. The van der Waals surface area contributed by atoms with Crippen LogP contribution < -0.4 is 9.47 Å². The maximum Gasteiger partial charge on any atom is 0.237 e. The molecule has 6 nitrogen and oxygen atoms in total. The van der Waals surface area contributed by atoms with Gasteiger partial charge in [0.25, 0.3) is 0 Å². The predicted octanol–water partition coefficient (Wildman–Crippen LogP) is 2.68. The van der Waals surface area contributed by atoms with E-state index in [0.717, 1.165) is 10.2 Å². The van der Waals surface area contributed by atoms with Crippen LogP contribution in [0.4, 0.5) is 0 Å². The second-order valence-electron chi connectivity index (χ2n) is 4.10. The Kier molecular flexibility index (Phi) is 4.36. The summed E-state index contributed by atoms with van der Waals surface area (Å²) in [4.78, 5) is 4.04. The van der Waals surface area contributed by atoms with Crippen molar-refractivity contribution >= 4 is 33.2 Å². The molecule has 21 heavy (non-hydrogen) atoms. The van der Waals surface area contributed by atoms with E-state index in [9.17, 15) is 8.42 Å². The second-order valence-corrected chi connectivity index (χ2v) is 6.74. The first kappa shape index (κ1) is 15.9. The first-order chi connectivity index (χ1) is 9.81. The van der Waals surface area contributed by atoms with Gasteiger partial charge < -0.3 is 9.47 Å². The lowest BCUT2D eigenvalue weighted by molar-refractivity contribution is 0.396. The van der Waals surface area contributed by atoms with Crippen LogP contribution in [0.3, 0.4) is 0 Å². The van der Waals surface area contributed by atoms with Gasteiger partial charge in [0, 0.05) is 12.4 Å². The topological polar surface area (TPSA) is 70.4 Å². The van der Waals surface area contributed by atoms with Crippen molar-refractivity contribution in [1.29, 1.82) is 0 Å². The summed E-state index contributed by atoms with van der Waals surface area (Å²) < 4.78 is 34.9. The highest BCUT2D eigenvalue weighted by atomic mass is 35.5. The number of hydrogen-bond donors (Lipinski definition) is 0. The zero-order chi connectivity index (χ0) is 15.8. The molecule has 0 bridgehead atoms. The average molecular weight is 351 g/mol. The molecule has 1 heterocycles. The van der Waals surface area contributed by atoms with Gasteiger partial charge in [-0.15, -0.1) is 0 Å². The van der Waals surface area contributed by atoms with Gasteiger partial charge in [0.05, 0.1) is 31.1 Å². The van der Waals surface area contributed by atoms with Gasteiger partial charge in [-0.3, -0.25) is 0 Å². The summed E-state index contributed by atoms with van der Waals surface area (Å²) in [7, 11) is -0.695. The quantitative estimate of drug-likeness (QED) is 0.847. The number of ether oxygens (including phenoxy) is 2. The van der Waals surface area contributed by atoms with Gasteiger partial charge in [0.2, 0.25) is 10.0 Å². The lowest BCUT2D eigenvalue weighted by Crippen LogP contribution is -2.11. The van der Waals surface area contributed by atoms with Gasteiger partial charge in [-0.2, -0.15) is 0 Å². The van der Waals surface area contributed by atoms with Crippen LogP contribution in [0.5, 0.6) is 11.5 Å². The third-order valence-corrected chi connectivity index (χ3v) is 4.38. The molecule has 0 saturated heterocycles. The largest absolute Gasteiger partial charge is 0.494 e. The molecule has 0 radical (unpaired) electrons. The van der Waals surface area contributed by atoms with Crippen LogP contribution in [0.1, 0.15) is 0 Å². The highest BCUT2D eigenvalue weighted by Crippen LogP contribution is 2.45. The van der Waals surface area contributed by atoms with Crippen molar-refractivity contribution < 1.29 is 17.9 Å². The SMILES string of the molecule is COc1c(Cl)cc(-c2nccn2S(C)(=O)=O)c(OC)c1Cl. The number of methoxy groups -OCH3 is 2. The molecule has 1 aromatic heterocycles. The standard InChI is InChI=1S/C12H12Cl2N2O4S/c1-19-10-7(6-8(13)11(20-2)9(10)14)12-15-4-5-16(12)21(3,17)18/h4-6H,1-3H3. The molecule has 0 unspecified atom stereocenters. The lowest BCUT2D eigenvalue weighted by Gasteiger charge is -2.15. The molecule has 2 rings (SSSR count). The van der Waals surface area contributed by atoms with Crippen LogP contribution in [0.15, 0.2) is 18.5 Å². The molecule has 1 aromatic carbocycles. The van der Waals surface area contributed by atoms with E-state index < -0.39 is 10.0 Å². The molecule has 0 saturated carbocycles. The van der Waals surface area contributed by atoms with Gasteiger partial charge in [0.1, 0.15) is 5.02 Å². The molecular formula is C12H12Cl2N2O4S. The number of hydrogen-bond acceptors (Lipinski definition) is 5. The molecule has 0 aliphatic heterocycles. The molecule has 9 heteroatoms.